The van der Waals surface area contributed by atoms with Crippen LogP contribution in [0.5, 0.6) is 0 Å². The second-order valence-electron chi connectivity index (χ2n) is 16.8. The molecule has 4 aliphatic rings. The highest BCUT2D eigenvalue weighted by Crippen LogP contribution is 2.64. The van der Waals surface area contributed by atoms with E-state index in [1.165, 1.54) is 26.0 Å². The van der Waals surface area contributed by atoms with Gasteiger partial charge in [0, 0.05) is 30.7 Å². The molecular formula is C45H49NO13. The van der Waals surface area contributed by atoms with Gasteiger partial charge in [-0.05, 0) is 54.8 Å². The third-order valence-corrected chi connectivity index (χ3v) is 13.2. The molecule has 1 saturated heterocycles. The van der Waals surface area contributed by atoms with Gasteiger partial charge in [-0.3, -0.25) is 14.4 Å². The number of rotatable bonds is 9. The van der Waals surface area contributed by atoms with Gasteiger partial charge in [0.15, 0.2) is 17.5 Å². The largest absolute Gasteiger partial charge is 0.456 e. The maximum Gasteiger partial charge on any atom is 0.338 e. The number of hydrogen-bond donors (Lipinski definition) is 5. The molecule has 59 heavy (non-hydrogen) atoms. The summed E-state index contributed by atoms with van der Waals surface area (Å²) < 4.78 is 24.2. The minimum absolute atomic E-state index is 0.0540. The molecule has 2 saturated carbocycles. The van der Waals surface area contributed by atoms with Crippen LogP contribution in [0.4, 0.5) is 0 Å². The number of amides is 1. The lowest BCUT2D eigenvalue weighted by molar-refractivity contribution is -0.346. The molecule has 0 unspecified atom stereocenters. The van der Waals surface area contributed by atoms with Gasteiger partial charge in [0.25, 0.3) is 5.91 Å². The number of carbonyl (C=O) groups excluding carboxylic acids is 5. The number of esters is 3. The molecule has 2 bridgehead atoms. The Morgan fingerprint density at radius 1 is 0.864 bits per heavy atom. The Morgan fingerprint density at radius 2 is 1.44 bits per heavy atom. The highest BCUT2D eigenvalue weighted by Gasteiger charge is 2.78. The van der Waals surface area contributed by atoms with E-state index < -0.39 is 107 Å². The molecule has 1 heterocycles. The molecule has 7 rings (SSSR count). The zero-order chi connectivity index (χ0) is 42.7. The monoisotopic (exact) mass is 811 g/mol. The standard InChI is InChI=1S/C45H49NO13/c1-24-29(57-41(54)35(50)33(26-15-9-6-10-16-26)46-39(52)27-17-11-7-12-18-27)22-45(55)38(58-40(53)28-19-13-8-14-20-28)36-43(5,37(51)34(49)32(24)42(45,3)4)30(48)21-31-44(36,23-56-31)59-25(2)47/h6-20,29-31,33-36,38,48-50,55H,21-23H2,1-5H3,(H,46,52)/t29-,30-,31+,33-,34-,35+,36-,38-,43+,44-,45+/m0/s1. The predicted octanol–water partition coefficient (Wildman–Crippen LogP) is 3.16. The average Bonchev–Trinajstić information content (AvgIpc) is 3.21. The van der Waals surface area contributed by atoms with E-state index in [2.05, 4.69) is 5.32 Å². The van der Waals surface area contributed by atoms with Gasteiger partial charge < -0.3 is 44.7 Å². The van der Waals surface area contributed by atoms with Crippen molar-refractivity contribution in [1.29, 1.82) is 0 Å². The first-order chi connectivity index (χ1) is 27.9. The predicted molar refractivity (Wildman–Crippen MR) is 208 cm³/mol. The quantitative estimate of drug-likeness (QED) is 0.120. The number of carbonyl (C=O) groups is 5. The van der Waals surface area contributed by atoms with Crippen molar-refractivity contribution in [2.45, 2.75) is 101 Å². The van der Waals surface area contributed by atoms with Gasteiger partial charge in [0.1, 0.15) is 30.0 Å². The van der Waals surface area contributed by atoms with Crippen molar-refractivity contribution in [1.82, 2.24) is 5.32 Å². The van der Waals surface area contributed by atoms with E-state index in [-0.39, 0.29) is 35.3 Å². The fourth-order valence-electron chi connectivity index (χ4n) is 9.94. The van der Waals surface area contributed by atoms with Crippen LogP contribution in [-0.2, 0) is 33.3 Å². The Kier molecular flexibility index (Phi) is 10.9. The SMILES string of the molecule is CC(=O)O[C@@]12CO[C@@H]1C[C@H](O)[C@@]1(C)C(=O)[C@@H](O)C3=C(C)[C@@H](OC(=O)[C@H](O)[C@@H](NC(=O)c4ccccc4)c4ccccc4)C[C@@](O)([C@@H](OC(=O)c4ccccc4)[C@H]21)C3(C)C. The minimum Gasteiger partial charge on any atom is -0.456 e. The number of benzene rings is 3. The molecule has 14 heteroatoms. The van der Waals surface area contributed by atoms with Crippen molar-refractivity contribution in [2.75, 3.05) is 6.61 Å². The summed E-state index contributed by atoms with van der Waals surface area (Å²) in [5.41, 5.74) is -6.86. The van der Waals surface area contributed by atoms with Crippen LogP contribution in [0.3, 0.4) is 0 Å². The maximum absolute atomic E-state index is 15.0. The molecule has 11 atom stereocenters. The summed E-state index contributed by atoms with van der Waals surface area (Å²) in [6.07, 6.45) is -10.5. The lowest BCUT2D eigenvalue weighted by Gasteiger charge is -2.67. The molecule has 1 aliphatic heterocycles. The van der Waals surface area contributed by atoms with E-state index in [1.807, 2.05) is 0 Å². The van der Waals surface area contributed by atoms with Gasteiger partial charge in [-0.1, -0.05) is 80.6 Å². The fraction of sp³-hybridized carbons (Fsp3) is 0.444. The molecule has 0 radical (unpaired) electrons. The molecule has 3 aromatic carbocycles. The smallest absolute Gasteiger partial charge is 0.338 e. The van der Waals surface area contributed by atoms with Crippen LogP contribution in [0.15, 0.2) is 102 Å². The number of ether oxygens (including phenoxy) is 4. The van der Waals surface area contributed by atoms with Crippen molar-refractivity contribution < 1.29 is 63.3 Å². The fourth-order valence-corrected chi connectivity index (χ4v) is 9.94. The number of hydrogen-bond acceptors (Lipinski definition) is 13. The van der Waals surface area contributed by atoms with Crippen molar-refractivity contribution >= 4 is 29.6 Å². The average molecular weight is 812 g/mol. The second kappa shape index (κ2) is 15.4. The summed E-state index contributed by atoms with van der Waals surface area (Å²) >= 11 is 0. The molecule has 3 aliphatic carbocycles. The van der Waals surface area contributed by atoms with E-state index in [0.717, 1.165) is 6.92 Å². The first-order valence-electron chi connectivity index (χ1n) is 19.6. The number of aliphatic hydroxyl groups is 4. The highest BCUT2D eigenvalue weighted by atomic mass is 16.6. The highest BCUT2D eigenvalue weighted by molar-refractivity contribution is 5.95. The molecule has 312 valence electrons. The number of nitrogens with one attached hydrogen (secondary N) is 1. The van der Waals surface area contributed by atoms with E-state index in [1.54, 1.807) is 92.7 Å². The molecule has 0 spiro atoms. The summed E-state index contributed by atoms with van der Waals surface area (Å²) in [4.78, 5) is 69.5. The van der Waals surface area contributed by atoms with Crippen molar-refractivity contribution in [3.63, 3.8) is 0 Å². The van der Waals surface area contributed by atoms with E-state index >= 15 is 0 Å². The summed E-state index contributed by atoms with van der Waals surface area (Å²) in [5.74, 6) is -5.89. The topological polar surface area (TPSA) is 215 Å². The Morgan fingerprint density at radius 3 is 2.00 bits per heavy atom. The first kappa shape index (κ1) is 41.9. The normalized spacial score (nSPS) is 33.0. The van der Waals surface area contributed by atoms with E-state index in [4.69, 9.17) is 18.9 Å². The van der Waals surface area contributed by atoms with Crippen molar-refractivity contribution in [3.05, 3.63) is 119 Å². The number of ketones is 1. The van der Waals surface area contributed by atoms with Crippen LogP contribution < -0.4 is 5.32 Å². The zero-order valence-electron chi connectivity index (χ0n) is 33.4. The van der Waals surface area contributed by atoms with Crippen LogP contribution in [0.1, 0.15) is 79.8 Å². The molecular weight excluding hydrogens is 762 g/mol. The second-order valence-corrected chi connectivity index (χ2v) is 16.8. The molecule has 3 fully saturated rings. The summed E-state index contributed by atoms with van der Waals surface area (Å²) in [6.45, 7) is 6.89. The zero-order valence-corrected chi connectivity index (χ0v) is 33.4. The molecule has 14 nitrogen and oxygen atoms in total. The van der Waals surface area contributed by atoms with Crippen LogP contribution in [0.25, 0.3) is 0 Å². The van der Waals surface area contributed by atoms with Crippen LogP contribution >= 0.6 is 0 Å². The molecule has 5 N–H and O–H groups in total. The number of fused-ring (bicyclic) bond motifs is 5. The van der Waals surface area contributed by atoms with Gasteiger partial charge in [-0.25, -0.2) is 9.59 Å². The molecule has 0 aromatic heterocycles. The Labute approximate surface area is 341 Å². The Hall–Kier alpha value is -5.25. The van der Waals surface area contributed by atoms with Gasteiger partial charge in [0.2, 0.25) is 0 Å². The minimum atomic E-state index is -2.35. The van der Waals surface area contributed by atoms with Crippen molar-refractivity contribution in [2.24, 2.45) is 16.7 Å². The van der Waals surface area contributed by atoms with Gasteiger partial charge >= 0.3 is 17.9 Å². The molecule has 1 amide bonds. The maximum atomic E-state index is 15.0. The van der Waals surface area contributed by atoms with Gasteiger partial charge in [-0.15, -0.1) is 0 Å². The van der Waals surface area contributed by atoms with Gasteiger partial charge in [-0.2, -0.15) is 0 Å². The Balaban J connectivity index is 1.34. The van der Waals surface area contributed by atoms with Crippen LogP contribution in [0, 0.1) is 16.7 Å². The number of aliphatic hydroxyl groups excluding tert-OH is 3. The third-order valence-electron chi connectivity index (χ3n) is 13.2. The lowest BCUT2D eigenvalue weighted by atomic mass is 9.44. The first-order valence-corrected chi connectivity index (χ1v) is 19.6. The summed E-state index contributed by atoms with van der Waals surface area (Å²) in [7, 11) is 0. The Bertz CT molecular complexity index is 2160. The third kappa shape index (κ3) is 6.76. The van der Waals surface area contributed by atoms with E-state index in [9.17, 15) is 44.4 Å². The van der Waals surface area contributed by atoms with Crippen LogP contribution in [-0.4, -0.2) is 104 Å². The van der Waals surface area contributed by atoms with E-state index in [0.29, 0.717) is 5.56 Å². The summed E-state index contributed by atoms with van der Waals surface area (Å²) in [5, 5.41) is 51.9. The van der Waals surface area contributed by atoms with Crippen molar-refractivity contribution in [3.8, 4) is 0 Å². The lowest BCUT2D eigenvalue weighted by Crippen LogP contribution is -2.81. The number of Topliss-reactive ketones (excluding diaryl/α,β-unsaturated/α-hetero) is 1. The van der Waals surface area contributed by atoms with Crippen LogP contribution in [0.2, 0.25) is 0 Å². The summed E-state index contributed by atoms with van der Waals surface area (Å²) in [6, 6.07) is 23.1. The van der Waals surface area contributed by atoms with Gasteiger partial charge in [0.05, 0.1) is 35.6 Å². The molecule has 3 aromatic rings.